The number of carbonyl (C=O) groups excluding carboxylic acids is 1. The Morgan fingerprint density at radius 3 is 2.60 bits per heavy atom. The van der Waals surface area contributed by atoms with E-state index < -0.39 is 11.6 Å². The monoisotopic (exact) mass is 210 g/mol. The first kappa shape index (κ1) is 10.3. The van der Waals surface area contributed by atoms with Gasteiger partial charge in [0, 0.05) is 6.42 Å². The van der Waals surface area contributed by atoms with Gasteiger partial charge in [0.25, 0.3) is 0 Å². The molecule has 1 aromatic rings. The molecule has 0 aromatic heterocycles. The molecule has 0 amide bonds. The first-order valence-electron chi connectivity index (χ1n) is 5.07. The SMILES string of the molecule is Cc1cc(F)c(C(=O)CC2CC2)cc1F. The molecule has 0 N–H and O–H groups in total. The summed E-state index contributed by atoms with van der Waals surface area (Å²) in [5.74, 6) is -1.02. The Balaban J connectivity index is 2.25. The lowest BCUT2D eigenvalue weighted by molar-refractivity contribution is 0.0971. The molecule has 1 saturated carbocycles. The normalized spacial score (nSPS) is 15.4. The van der Waals surface area contributed by atoms with Gasteiger partial charge in [-0.25, -0.2) is 8.78 Å². The number of hydrogen-bond donors (Lipinski definition) is 0. The molecule has 2 rings (SSSR count). The third kappa shape index (κ3) is 2.22. The number of carbonyl (C=O) groups is 1. The summed E-state index contributed by atoms with van der Waals surface area (Å²) in [6.45, 7) is 1.48. The largest absolute Gasteiger partial charge is 0.294 e. The number of ketones is 1. The van der Waals surface area contributed by atoms with Crippen LogP contribution < -0.4 is 0 Å². The van der Waals surface area contributed by atoms with Gasteiger partial charge < -0.3 is 0 Å². The lowest BCUT2D eigenvalue weighted by atomic mass is 10.0. The standard InChI is InChI=1S/C12H12F2O/c1-7-4-11(14)9(6-10(7)13)12(15)5-8-2-3-8/h4,6,8H,2-3,5H2,1H3. The maximum atomic E-state index is 13.4. The average molecular weight is 210 g/mol. The van der Waals surface area contributed by atoms with E-state index in [4.69, 9.17) is 0 Å². The molecule has 1 fully saturated rings. The minimum Gasteiger partial charge on any atom is -0.294 e. The number of aryl methyl sites for hydroxylation is 1. The second kappa shape index (κ2) is 3.72. The van der Waals surface area contributed by atoms with E-state index in [1.54, 1.807) is 0 Å². The van der Waals surface area contributed by atoms with Crippen LogP contribution in [0.25, 0.3) is 0 Å². The van der Waals surface area contributed by atoms with E-state index in [0.717, 1.165) is 25.0 Å². The summed E-state index contributed by atoms with van der Waals surface area (Å²) in [5.41, 5.74) is 0.125. The van der Waals surface area contributed by atoms with E-state index in [1.165, 1.54) is 6.92 Å². The molecule has 0 saturated heterocycles. The Bertz CT molecular complexity index is 408. The van der Waals surface area contributed by atoms with Gasteiger partial charge in [0.05, 0.1) is 5.56 Å². The molecule has 80 valence electrons. The van der Waals surface area contributed by atoms with Gasteiger partial charge in [-0.2, -0.15) is 0 Å². The first-order valence-corrected chi connectivity index (χ1v) is 5.07. The Labute approximate surface area is 87.1 Å². The Morgan fingerprint density at radius 2 is 2.00 bits per heavy atom. The van der Waals surface area contributed by atoms with Crippen LogP contribution >= 0.6 is 0 Å². The Hall–Kier alpha value is -1.25. The highest BCUT2D eigenvalue weighted by Gasteiger charge is 2.26. The van der Waals surface area contributed by atoms with Crippen molar-refractivity contribution in [2.75, 3.05) is 0 Å². The number of benzene rings is 1. The van der Waals surface area contributed by atoms with Crippen molar-refractivity contribution in [1.29, 1.82) is 0 Å². The van der Waals surface area contributed by atoms with E-state index in [1.807, 2.05) is 0 Å². The van der Waals surface area contributed by atoms with Gasteiger partial charge in [-0.3, -0.25) is 4.79 Å². The fraction of sp³-hybridized carbons (Fsp3) is 0.417. The Morgan fingerprint density at radius 1 is 1.33 bits per heavy atom. The average Bonchev–Trinajstić information content (AvgIpc) is 2.95. The zero-order chi connectivity index (χ0) is 11.0. The number of hydrogen-bond acceptors (Lipinski definition) is 1. The molecule has 0 atom stereocenters. The van der Waals surface area contributed by atoms with Crippen molar-refractivity contribution in [3.05, 3.63) is 34.9 Å². The van der Waals surface area contributed by atoms with Crippen LogP contribution in [-0.4, -0.2) is 5.78 Å². The molecule has 1 aromatic carbocycles. The molecule has 0 bridgehead atoms. The Kier molecular flexibility index (Phi) is 2.55. The smallest absolute Gasteiger partial charge is 0.166 e. The zero-order valence-electron chi connectivity index (χ0n) is 8.52. The van der Waals surface area contributed by atoms with Crippen LogP contribution in [0.5, 0.6) is 0 Å². The van der Waals surface area contributed by atoms with Crippen molar-refractivity contribution < 1.29 is 13.6 Å². The summed E-state index contributed by atoms with van der Waals surface area (Å²) in [4.78, 5) is 11.6. The van der Waals surface area contributed by atoms with Crippen LogP contribution in [0.4, 0.5) is 8.78 Å². The van der Waals surface area contributed by atoms with Crippen molar-refractivity contribution in [1.82, 2.24) is 0 Å². The molecule has 0 radical (unpaired) electrons. The van der Waals surface area contributed by atoms with Crippen LogP contribution in [-0.2, 0) is 0 Å². The van der Waals surface area contributed by atoms with Crippen molar-refractivity contribution in [3.63, 3.8) is 0 Å². The predicted molar refractivity (Wildman–Crippen MR) is 52.8 cm³/mol. The lowest BCUT2D eigenvalue weighted by Gasteiger charge is -2.04. The number of halogens is 2. The zero-order valence-corrected chi connectivity index (χ0v) is 8.52. The molecule has 0 aliphatic heterocycles. The molecule has 3 heteroatoms. The van der Waals surface area contributed by atoms with Gasteiger partial charge in [-0.15, -0.1) is 0 Å². The second-order valence-corrected chi connectivity index (χ2v) is 4.15. The van der Waals surface area contributed by atoms with E-state index >= 15 is 0 Å². The molecule has 0 unspecified atom stereocenters. The van der Waals surface area contributed by atoms with Crippen LogP contribution in [0.2, 0.25) is 0 Å². The van der Waals surface area contributed by atoms with Gasteiger partial charge in [0.1, 0.15) is 11.6 Å². The van der Waals surface area contributed by atoms with E-state index in [9.17, 15) is 13.6 Å². The van der Waals surface area contributed by atoms with Crippen LogP contribution in [0.1, 0.15) is 35.2 Å². The molecule has 1 nitrogen and oxygen atoms in total. The van der Waals surface area contributed by atoms with Crippen LogP contribution in [0, 0.1) is 24.5 Å². The lowest BCUT2D eigenvalue weighted by Crippen LogP contribution is -2.05. The predicted octanol–water partition coefficient (Wildman–Crippen LogP) is 3.26. The molecular formula is C12H12F2O. The van der Waals surface area contributed by atoms with Gasteiger partial charge in [0.15, 0.2) is 5.78 Å². The van der Waals surface area contributed by atoms with Gasteiger partial charge in [0.2, 0.25) is 0 Å². The maximum absolute atomic E-state index is 13.4. The van der Waals surface area contributed by atoms with E-state index in [-0.39, 0.29) is 16.9 Å². The van der Waals surface area contributed by atoms with E-state index in [0.29, 0.717) is 12.3 Å². The second-order valence-electron chi connectivity index (χ2n) is 4.15. The minimum atomic E-state index is -0.612. The highest BCUT2D eigenvalue weighted by atomic mass is 19.1. The quantitative estimate of drug-likeness (QED) is 0.700. The molecular weight excluding hydrogens is 198 g/mol. The highest BCUT2D eigenvalue weighted by molar-refractivity contribution is 5.96. The van der Waals surface area contributed by atoms with Crippen LogP contribution in [0.3, 0.4) is 0 Å². The first-order chi connectivity index (χ1) is 7.08. The summed E-state index contributed by atoms with van der Waals surface area (Å²) >= 11 is 0. The van der Waals surface area contributed by atoms with Crippen molar-refractivity contribution in [2.45, 2.75) is 26.2 Å². The van der Waals surface area contributed by atoms with Crippen molar-refractivity contribution in [2.24, 2.45) is 5.92 Å². The topological polar surface area (TPSA) is 17.1 Å². The van der Waals surface area contributed by atoms with Crippen molar-refractivity contribution >= 4 is 5.78 Å². The third-order valence-electron chi connectivity index (χ3n) is 2.72. The number of Topliss-reactive ketones (excluding diaryl/α,β-unsaturated/α-hetero) is 1. The molecule has 15 heavy (non-hydrogen) atoms. The molecule has 1 aliphatic rings. The van der Waals surface area contributed by atoms with Gasteiger partial charge in [-0.1, -0.05) is 0 Å². The number of rotatable bonds is 3. The molecule has 1 aliphatic carbocycles. The van der Waals surface area contributed by atoms with Crippen LogP contribution in [0.15, 0.2) is 12.1 Å². The summed E-state index contributed by atoms with van der Waals surface area (Å²) in [6, 6.07) is 2.09. The summed E-state index contributed by atoms with van der Waals surface area (Å²) in [7, 11) is 0. The molecule has 0 spiro atoms. The molecule has 0 heterocycles. The summed E-state index contributed by atoms with van der Waals surface area (Å²) < 4.78 is 26.5. The van der Waals surface area contributed by atoms with Gasteiger partial charge >= 0.3 is 0 Å². The van der Waals surface area contributed by atoms with E-state index in [2.05, 4.69) is 0 Å². The van der Waals surface area contributed by atoms with Crippen molar-refractivity contribution in [3.8, 4) is 0 Å². The highest BCUT2D eigenvalue weighted by Crippen LogP contribution is 2.33. The minimum absolute atomic E-state index is 0.106. The summed E-state index contributed by atoms with van der Waals surface area (Å²) in [6.07, 6.45) is 2.41. The maximum Gasteiger partial charge on any atom is 0.166 e. The fourth-order valence-corrected chi connectivity index (χ4v) is 1.55. The summed E-state index contributed by atoms with van der Waals surface area (Å²) in [5, 5.41) is 0. The third-order valence-corrected chi connectivity index (χ3v) is 2.72. The fourth-order valence-electron chi connectivity index (χ4n) is 1.55. The van der Waals surface area contributed by atoms with Gasteiger partial charge in [-0.05, 0) is 43.4 Å².